The van der Waals surface area contributed by atoms with Crippen LogP contribution in [0.2, 0.25) is 0 Å². The molecule has 0 aromatic heterocycles. The van der Waals surface area contributed by atoms with Crippen LogP contribution in [0.15, 0.2) is 58.3 Å². The maximum absolute atomic E-state index is 12.6. The molecule has 43 heavy (non-hydrogen) atoms. The molecule has 2 rings (SSSR count). The van der Waals surface area contributed by atoms with Crippen molar-refractivity contribution in [2.45, 2.75) is 160 Å². The van der Waals surface area contributed by atoms with Crippen molar-refractivity contribution < 1.29 is 9.53 Å². The van der Waals surface area contributed by atoms with Crippen molar-refractivity contribution in [3.8, 4) is 5.75 Å². The largest absolute Gasteiger partial charge is 0.426 e. The molecule has 0 amide bonds. The molecule has 2 nitrogen and oxygen atoms in total. The monoisotopic (exact) mass is 626 g/mol. The van der Waals surface area contributed by atoms with Crippen molar-refractivity contribution in [2.24, 2.45) is 5.92 Å². The molecule has 1 unspecified atom stereocenters. The van der Waals surface area contributed by atoms with Crippen LogP contribution in [-0.4, -0.2) is 10.0 Å². The number of allylic oxidation sites excluding steroid dienone is 1. The summed E-state index contributed by atoms with van der Waals surface area (Å²) < 4.78 is 5.81. The second-order valence-corrected chi connectivity index (χ2v) is 19.3. The van der Waals surface area contributed by atoms with Gasteiger partial charge in [-0.2, -0.15) is 0 Å². The number of ether oxygens (including phenoxy) is 1. The lowest BCUT2D eigenvalue weighted by Crippen LogP contribution is -2.18. The van der Waals surface area contributed by atoms with Crippen LogP contribution in [0.25, 0.3) is 0 Å². The van der Waals surface area contributed by atoms with Gasteiger partial charge in [0.2, 0.25) is 0 Å². The zero-order valence-corrected chi connectivity index (χ0v) is 31.8. The summed E-state index contributed by atoms with van der Waals surface area (Å²) >= 11 is 3.86. The molecule has 0 fully saturated rings. The Labute approximate surface area is 274 Å². The lowest BCUT2D eigenvalue weighted by atomic mass is 9.81. The summed E-state index contributed by atoms with van der Waals surface area (Å²) in [6.07, 6.45) is 3.03. The first-order valence-corrected chi connectivity index (χ1v) is 17.6. The molecule has 0 bridgehead atoms. The second-order valence-electron chi connectivity index (χ2n) is 15.9. The van der Waals surface area contributed by atoms with E-state index in [1.807, 2.05) is 36.5 Å². The molecule has 0 aliphatic rings. The van der Waals surface area contributed by atoms with Gasteiger partial charge in [0.05, 0.1) is 4.08 Å². The number of rotatable bonds is 10. The van der Waals surface area contributed by atoms with Gasteiger partial charge < -0.3 is 4.74 Å². The van der Waals surface area contributed by atoms with Crippen LogP contribution in [0.3, 0.4) is 0 Å². The minimum Gasteiger partial charge on any atom is -0.426 e. The average Bonchev–Trinajstić information content (AvgIpc) is 2.82. The summed E-state index contributed by atoms with van der Waals surface area (Å²) in [7, 11) is 0. The van der Waals surface area contributed by atoms with Crippen LogP contribution in [0.1, 0.15) is 146 Å². The smallest absolute Gasteiger partial charge is 0.311 e. The van der Waals surface area contributed by atoms with E-state index in [9.17, 15) is 4.79 Å². The Morgan fingerprint density at radius 2 is 1.26 bits per heavy atom. The molecular formula is C39H62O2S2. The van der Waals surface area contributed by atoms with Crippen molar-refractivity contribution in [2.75, 3.05) is 0 Å². The molecule has 2 aromatic rings. The highest BCUT2D eigenvalue weighted by atomic mass is 32.2. The first-order valence-electron chi connectivity index (χ1n) is 16.0. The minimum atomic E-state index is -0.176. The molecule has 0 aliphatic carbocycles. The molecule has 1 atom stereocenters. The van der Waals surface area contributed by atoms with E-state index in [4.69, 9.17) is 4.74 Å². The number of thioether (sulfide) groups is 2. The Morgan fingerprint density at radius 1 is 0.767 bits per heavy atom. The summed E-state index contributed by atoms with van der Waals surface area (Å²) in [5.41, 5.74) is 4.94. The Morgan fingerprint density at radius 3 is 1.67 bits per heavy atom. The number of benzene rings is 2. The average molecular weight is 627 g/mol. The van der Waals surface area contributed by atoms with Crippen LogP contribution in [0.5, 0.6) is 5.75 Å². The molecule has 0 N–H and O–H groups in total. The molecule has 0 radical (unpaired) electrons. The predicted molar refractivity (Wildman–Crippen MR) is 194 cm³/mol. The summed E-state index contributed by atoms with van der Waals surface area (Å²) in [4.78, 5) is 15.1. The Kier molecular flexibility index (Phi) is 14.7. The highest BCUT2D eigenvalue weighted by molar-refractivity contribution is 8.18. The number of carbonyl (C=O) groups is 1. The third-order valence-corrected chi connectivity index (χ3v) is 9.82. The number of carbonyl (C=O) groups excluding carboxylic acids is 1. The SMILES string of the molecule is C=C(C)CCCC(=O)Oc1ccc(SC(C)(CC)Sc2cc(C(C)(C)C)cc(C(C)(C)C)c2)cc1C(C)(C)C.CC(C)C. The summed E-state index contributed by atoms with van der Waals surface area (Å²) in [6.45, 7) is 37.3. The van der Waals surface area contributed by atoms with Crippen molar-refractivity contribution in [3.05, 3.63) is 65.2 Å². The van der Waals surface area contributed by atoms with Gasteiger partial charge in [-0.05, 0) is 96.7 Å². The molecule has 242 valence electrons. The maximum Gasteiger partial charge on any atom is 0.311 e. The van der Waals surface area contributed by atoms with E-state index >= 15 is 0 Å². The molecule has 4 heteroatoms. The van der Waals surface area contributed by atoms with Gasteiger partial charge in [-0.15, -0.1) is 30.1 Å². The van der Waals surface area contributed by atoms with Crippen molar-refractivity contribution in [1.82, 2.24) is 0 Å². The van der Waals surface area contributed by atoms with Crippen LogP contribution >= 0.6 is 23.5 Å². The van der Waals surface area contributed by atoms with Gasteiger partial charge in [0, 0.05) is 21.8 Å². The molecular weight excluding hydrogens is 565 g/mol. The highest BCUT2D eigenvalue weighted by Crippen LogP contribution is 2.50. The number of esters is 1. The van der Waals surface area contributed by atoms with E-state index < -0.39 is 0 Å². The van der Waals surface area contributed by atoms with Gasteiger partial charge in [0.15, 0.2) is 0 Å². The Bertz CT molecular complexity index is 1170. The quantitative estimate of drug-likeness (QED) is 0.0861. The van der Waals surface area contributed by atoms with Crippen molar-refractivity contribution >= 4 is 29.5 Å². The normalized spacial score (nSPS) is 13.7. The van der Waals surface area contributed by atoms with Crippen LogP contribution in [-0.2, 0) is 21.0 Å². The summed E-state index contributed by atoms with van der Waals surface area (Å²) in [5.74, 6) is 1.33. The standard InChI is InChI=1S/C35H52O2S2.C4H10/c1-14-35(13,39-28-21-25(32(4,5)6)20-26(22-28)33(7,8)9)38-27-18-19-30(29(23-27)34(10,11)12)37-31(36)17-15-16-24(2)3;1-4(2)3/h18-23H,2,14-17H2,1,3-13H3;4H,1-3H3. The second kappa shape index (κ2) is 16.1. The van der Waals surface area contributed by atoms with Crippen LogP contribution in [0.4, 0.5) is 0 Å². The molecule has 0 heterocycles. The highest BCUT2D eigenvalue weighted by Gasteiger charge is 2.29. The Hall–Kier alpha value is -1.65. The fourth-order valence-electron chi connectivity index (χ4n) is 4.14. The minimum absolute atomic E-state index is 0.0540. The van der Waals surface area contributed by atoms with Gasteiger partial charge in [-0.1, -0.05) is 102 Å². The first-order chi connectivity index (χ1) is 19.5. The van der Waals surface area contributed by atoms with Crippen molar-refractivity contribution in [3.63, 3.8) is 0 Å². The summed E-state index contributed by atoms with van der Waals surface area (Å²) in [5, 5.41) is 0. The van der Waals surface area contributed by atoms with E-state index in [1.54, 1.807) is 0 Å². The van der Waals surface area contributed by atoms with Gasteiger partial charge in [0.1, 0.15) is 5.75 Å². The molecule has 0 saturated heterocycles. The predicted octanol–water partition coefficient (Wildman–Crippen LogP) is 12.9. The zero-order valence-electron chi connectivity index (χ0n) is 30.2. The third kappa shape index (κ3) is 14.3. The third-order valence-electron chi connectivity index (χ3n) is 6.92. The topological polar surface area (TPSA) is 26.3 Å². The molecule has 0 spiro atoms. The van der Waals surface area contributed by atoms with Crippen LogP contribution in [0, 0.1) is 5.92 Å². The molecule has 2 aromatic carbocycles. The van der Waals surface area contributed by atoms with E-state index in [0.717, 1.165) is 36.3 Å². The van der Waals surface area contributed by atoms with E-state index in [2.05, 4.69) is 134 Å². The maximum atomic E-state index is 12.6. The number of hydrogen-bond donors (Lipinski definition) is 0. The van der Waals surface area contributed by atoms with Crippen LogP contribution < -0.4 is 4.74 Å². The van der Waals surface area contributed by atoms with Gasteiger partial charge >= 0.3 is 5.97 Å². The summed E-state index contributed by atoms with van der Waals surface area (Å²) in [6, 6.07) is 13.5. The van der Waals surface area contributed by atoms with Gasteiger partial charge in [-0.25, -0.2) is 0 Å². The lowest BCUT2D eigenvalue weighted by Gasteiger charge is -2.31. The van der Waals surface area contributed by atoms with E-state index in [-0.39, 0.29) is 26.3 Å². The van der Waals surface area contributed by atoms with Crippen molar-refractivity contribution in [1.29, 1.82) is 0 Å². The van der Waals surface area contributed by atoms with E-state index in [0.29, 0.717) is 12.2 Å². The molecule has 0 saturated carbocycles. The van der Waals surface area contributed by atoms with E-state index in [1.165, 1.54) is 20.9 Å². The fraction of sp³-hybridized carbons (Fsp3) is 0.615. The lowest BCUT2D eigenvalue weighted by molar-refractivity contribution is -0.134. The molecule has 0 aliphatic heterocycles. The van der Waals surface area contributed by atoms with Gasteiger partial charge in [-0.3, -0.25) is 4.79 Å². The number of hydrogen-bond acceptors (Lipinski definition) is 4. The first kappa shape index (κ1) is 39.4. The fourth-order valence-corrected chi connectivity index (χ4v) is 6.86. The zero-order chi connectivity index (χ0) is 33.4. The van der Waals surface area contributed by atoms with Gasteiger partial charge in [0.25, 0.3) is 0 Å². The Balaban J connectivity index is 0.00000217.